The molecule has 0 saturated heterocycles. The van der Waals surface area contributed by atoms with Gasteiger partial charge in [-0.2, -0.15) is 5.10 Å². The number of nitrogens with zero attached hydrogens (tertiary/aromatic N) is 2. The summed E-state index contributed by atoms with van der Waals surface area (Å²) in [7, 11) is 0. The van der Waals surface area contributed by atoms with Crippen LogP contribution < -0.4 is 5.73 Å². The van der Waals surface area contributed by atoms with Crippen molar-refractivity contribution < 1.29 is 0 Å². The summed E-state index contributed by atoms with van der Waals surface area (Å²) < 4.78 is 1.86. The fourth-order valence-corrected chi connectivity index (χ4v) is 1.82. The van der Waals surface area contributed by atoms with E-state index in [2.05, 4.69) is 25.9 Å². The number of rotatable bonds is 1. The van der Waals surface area contributed by atoms with Crippen LogP contribution in [-0.2, 0) is 5.54 Å². The van der Waals surface area contributed by atoms with E-state index in [-0.39, 0.29) is 5.54 Å². The van der Waals surface area contributed by atoms with Gasteiger partial charge < -0.3 is 5.73 Å². The number of nitrogens with two attached hydrogens (primary N) is 1. The second-order valence-corrected chi connectivity index (χ2v) is 5.44. The van der Waals surface area contributed by atoms with E-state index in [1.165, 1.54) is 0 Å². The molecule has 0 aliphatic rings. The zero-order chi connectivity index (χ0) is 12.6. The number of hydrogen-bond acceptors (Lipinski definition) is 2. The van der Waals surface area contributed by atoms with Gasteiger partial charge >= 0.3 is 0 Å². The van der Waals surface area contributed by atoms with Gasteiger partial charge in [-0.1, -0.05) is 29.8 Å². The van der Waals surface area contributed by atoms with Crippen molar-refractivity contribution in [2.45, 2.75) is 26.3 Å². The van der Waals surface area contributed by atoms with Crippen LogP contribution in [0.15, 0.2) is 30.5 Å². The van der Waals surface area contributed by atoms with Gasteiger partial charge in [-0.25, -0.2) is 0 Å². The number of anilines is 1. The van der Waals surface area contributed by atoms with Crippen molar-refractivity contribution in [3.63, 3.8) is 0 Å². The lowest BCUT2D eigenvalue weighted by atomic mass is 10.1. The van der Waals surface area contributed by atoms with Crippen molar-refractivity contribution in [1.82, 2.24) is 9.78 Å². The van der Waals surface area contributed by atoms with Crippen LogP contribution in [0.2, 0.25) is 5.02 Å². The standard InChI is InChI=1S/C13H16ClN3/c1-13(2,3)17-8-11(15)12(16-17)9-6-4-5-7-10(9)14/h4-8H,15H2,1-3H3. The van der Waals surface area contributed by atoms with E-state index in [9.17, 15) is 0 Å². The van der Waals surface area contributed by atoms with E-state index in [1.54, 1.807) is 0 Å². The highest BCUT2D eigenvalue weighted by Crippen LogP contribution is 2.31. The van der Waals surface area contributed by atoms with Crippen molar-refractivity contribution >= 4 is 17.3 Å². The molecule has 90 valence electrons. The summed E-state index contributed by atoms with van der Waals surface area (Å²) in [5.74, 6) is 0. The van der Waals surface area contributed by atoms with Crippen LogP contribution in [0, 0.1) is 0 Å². The summed E-state index contributed by atoms with van der Waals surface area (Å²) in [5, 5.41) is 5.18. The van der Waals surface area contributed by atoms with Crippen molar-refractivity contribution in [2.75, 3.05) is 5.73 Å². The first kappa shape index (κ1) is 12.0. The second kappa shape index (κ2) is 4.08. The summed E-state index contributed by atoms with van der Waals surface area (Å²) in [6.45, 7) is 6.24. The van der Waals surface area contributed by atoms with Gasteiger partial charge in [-0.05, 0) is 26.8 Å². The third-order valence-corrected chi connectivity index (χ3v) is 2.89. The Morgan fingerprint density at radius 3 is 2.41 bits per heavy atom. The number of nitrogen functional groups attached to an aromatic ring is 1. The Hall–Kier alpha value is -1.48. The highest BCUT2D eigenvalue weighted by Gasteiger charge is 2.18. The average Bonchev–Trinajstić information content (AvgIpc) is 2.61. The first-order valence-corrected chi connectivity index (χ1v) is 5.88. The maximum Gasteiger partial charge on any atom is 0.117 e. The highest BCUT2D eigenvalue weighted by atomic mass is 35.5. The monoisotopic (exact) mass is 249 g/mol. The number of aromatic nitrogens is 2. The first-order valence-electron chi connectivity index (χ1n) is 5.50. The fourth-order valence-electron chi connectivity index (χ4n) is 1.59. The van der Waals surface area contributed by atoms with Gasteiger partial charge in [0.1, 0.15) is 5.69 Å². The minimum atomic E-state index is -0.0897. The van der Waals surface area contributed by atoms with Gasteiger partial charge in [0, 0.05) is 11.8 Å². The molecule has 0 radical (unpaired) electrons. The van der Waals surface area contributed by atoms with E-state index in [4.69, 9.17) is 17.3 Å². The highest BCUT2D eigenvalue weighted by molar-refractivity contribution is 6.33. The number of hydrogen-bond donors (Lipinski definition) is 1. The Balaban J connectivity index is 2.55. The maximum atomic E-state index is 6.15. The van der Waals surface area contributed by atoms with Crippen molar-refractivity contribution in [2.24, 2.45) is 0 Å². The molecular weight excluding hydrogens is 234 g/mol. The van der Waals surface area contributed by atoms with Crippen LogP contribution >= 0.6 is 11.6 Å². The van der Waals surface area contributed by atoms with E-state index >= 15 is 0 Å². The third kappa shape index (κ3) is 2.29. The summed E-state index contributed by atoms with van der Waals surface area (Å²) in [6.07, 6.45) is 1.85. The number of benzene rings is 1. The molecule has 0 saturated carbocycles. The van der Waals surface area contributed by atoms with Crippen molar-refractivity contribution in [3.05, 3.63) is 35.5 Å². The molecule has 4 heteroatoms. The Morgan fingerprint density at radius 1 is 1.24 bits per heavy atom. The molecule has 17 heavy (non-hydrogen) atoms. The van der Waals surface area contributed by atoms with Gasteiger partial charge in [-0.3, -0.25) is 4.68 Å². The average molecular weight is 250 g/mol. The van der Waals surface area contributed by atoms with Crippen LogP contribution in [0.1, 0.15) is 20.8 Å². The zero-order valence-corrected chi connectivity index (χ0v) is 11.0. The van der Waals surface area contributed by atoms with Crippen LogP contribution in [-0.4, -0.2) is 9.78 Å². The van der Waals surface area contributed by atoms with Crippen LogP contribution in [0.3, 0.4) is 0 Å². The van der Waals surface area contributed by atoms with E-state index in [0.717, 1.165) is 11.3 Å². The molecule has 2 N–H and O–H groups in total. The molecule has 1 aromatic heterocycles. The lowest BCUT2D eigenvalue weighted by Crippen LogP contribution is -2.22. The molecular formula is C13H16ClN3. The van der Waals surface area contributed by atoms with E-state index in [0.29, 0.717) is 10.7 Å². The normalized spacial score (nSPS) is 11.8. The Bertz CT molecular complexity index is 538. The SMILES string of the molecule is CC(C)(C)n1cc(N)c(-c2ccccc2Cl)n1. The molecule has 0 atom stereocenters. The summed E-state index contributed by atoms with van der Waals surface area (Å²) >= 11 is 6.15. The van der Waals surface area contributed by atoms with Crippen LogP contribution in [0.25, 0.3) is 11.3 Å². The molecule has 1 aromatic carbocycles. The van der Waals surface area contributed by atoms with Gasteiger partial charge in [0.05, 0.1) is 16.2 Å². The molecule has 0 spiro atoms. The lowest BCUT2D eigenvalue weighted by Gasteiger charge is -2.18. The first-order chi connectivity index (χ1) is 7.89. The van der Waals surface area contributed by atoms with Gasteiger partial charge in [0.2, 0.25) is 0 Å². The largest absolute Gasteiger partial charge is 0.396 e. The van der Waals surface area contributed by atoms with Gasteiger partial charge in [0.15, 0.2) is 0 Å². The second-order valence-electron chi connectivity index (χ2n) is 5.03. The summed E-state index contributed by atoms with van der Waals surface area (Å²) in [6, 6.07) is 7.58. The molecule has 0 aliphatic carbocycles. The molecule has 0 fully saturated rings. The van der Waals surface area contributed by atoms with Gasteiger partial charge in [0.25, 0.3) is 0 Å². The quantitative estimate of drug-likeness (QED) is 0.840. The van der Waals surface area contributed by atoms with Crippen LogP contribution in [0.4, 0.5) is 5.69 Å². The van der Waals surface area contributed by atoms with E-state index < -0.39 is 0 Å². The van der Waals surface area contributed by atoms with Gasteiger partial charge in [-0.15, -0.1) is 0 Å². The smallest absolute Gasteiger partial charge is 0.117 e. The summed E-state index contributed by atoms with van der Waals surface area (Å²) in [5.41, 5.74) is 8.16. The molecule has 2 rings (SSSR count). The van der Waals surface area contributed by atoms with Crippen LogP contribution in [0.5, 0.6) is 0 Å². The maximum absolute atomic E-state index is 6.15. The Morgan fingerprint density at radius 2 is 1.88 bits per heavy atom. The molecule has 0 bridgehead atoms. The molecule has 2 aromatic rings. The predicted molar refractivity (Wildman–Crippen MR) is 72.1 cm³/mol. The lowest BCUT2D eigenvalue weighted by molar-refractivity contribution is 0.356. The summed E-state index contributed by atoms with van der Waals surface area (Å²) in [4.78, 5) is 0. The molecule has 1 heterocycles. The molecule has 0 amide bonds. The minimum Gasteiger partial charge on any atom is -0.396 e. The molecule has 0 unspecified atom stereocenters. The topological polar surface area (TPSA) is 43.8 Å². The molecule has 0 aliphatic heterocycles. The third-order valence-electron chi connectivity index (χ3n) is 2.56. The minimum absolute atomic E-state index is 0.0897. The zero-order valence-electron chi connectivity index (χ0n) is 10.2. The predicted octanol–water partition coefficient (Wildman–Crippen LogP) is 3.54. The Labute approximate surface area is 106 Å². The van der Waals surface area contributed by atoms with Crippen molar-refractivity contribution in [1.29, 1.82) is 0 Å². The van der Waals surface area contributed by atoms with E-state index in [1.807, 2.05) is 35.1 Å². The molecule has 3 nitrogen and oxygen atoms in total. The fraction of sp³-hybridized carbons (Fsp3) is 0.308. The Kier molecular flexibility index (Phi) is 2.87. The van der Waals surface area contributed by atoms with Crippen molar-refractivity contribution in [3.8, 4) is 11.3 Å². The number of halogens is 1.